The van der Waals surface area contributed by atoms with Gasteiger partial charge < -0.3 is 10.1 Å². The molecular formula is C20H20N2O4. The standard InChI is InChI=1S/C20H20N2O4/c1-13-5-10-16-17(12-13)20(25)22(19(16)24)11-3-4-18(23)21-14-6-8-15(26-2)9-7-14/h5-10,12H,3-4,11H2,1-2H3,(H,21,23). The first kappa shape index (κ1) is 17.7. The molecule has 1 aliphatic heterocycles. The molecule has 0 saturated heterocycles. The summed E-state index contributed by atoms with van der Waals surface area (Å²) in [6.07, 6.45) is 0.630. The highest BCUT2D eigenvalue weighted by molar-refractivity contribution is 6.21. The van der Waals surface area contributed by atoms with Crippen LogP contribution in [-0.4, -0.2) is 36.3 Å². The maximum absolute atomic E-state index is 12.4. The zero-order chi connectivity index (χ0) is 18.7. The van der Waals surface area contributed by atoms with Gasteiger partial charge in [0, 0.05) is 18.7 Å². The molecule has 0 fully saturated rings. The summed E-state index contributed by atoms with van der Waals surface area (Å²) in [6.45, 7) is 2.10. The third-order valence-corrected chi connectivity index (χ3v) is 4.29. The van der Waals surface area contributed by atoms with Gasteiger partial charge in [-0.1, -0.05) is 11.6 Å². The molecule has 0 aliphatic carbocycles. The molecule has 0 bridgehead atoms. The second-order valence-corrected chi connectivity index (χ2v) is 6.19. The number of anilines is 1. The van der Waals surface area contributed by atoms with Gasteiger partial charge in [0.2, 0.25) is 5.91 Å². The average Bonchev–Trinajstić information content (AvgIpc) is 2.86. The van der Waals surface area contributed by atoms with E-state index in [0.29, 0.717) is 29.0 Å². The minimum absolute atomic E-state index is 0.164. The van der Waals surface area contributed by atoms with Crippen molar-refractivity contribution in [3.8, 4) is 5.75 Å². The Morgan fingerprint density at radius 3 is 2.42 bits per heavy atom. The lowest BCUT2D eigenvalue weighted by Crippen LogP contribution is -2.31. The fourth-order valence-electron chi connectivity index (χ4n) is 2.90. The predicted octanol–water partition coefficient (Wildman–Crippen LogP) is 3.02. The van der Waals surface area contributed by atoms with Crippen LogP contribution >= 0.6 is 0 Å². The molecule has 2 aromatic carbocycles. The Labute approximate surface area is 151 Å². The number of hydrogen-bond donors (Lipinski definition) is 1. The Morgan fingerprint density at radius 2 is 1.73 bits per heavy atom. The minimum Gasteiger partial charge on any atom is -0.497 e. The Balaban J connectivity index is 1.52. The number of rotatable bonds is 6. The van der Waals surface area contributed by atoms with E-state index in [9.17, 15) is 14.4 Å². The molecule has 26 heavy (non-hydrogen) atoms. The van der Waals surface area contributed by atoms with Gasteiger partial charge >= 0.3 is 0 Å². The molecule has 0 unspecified atom stereocenters. The number of nitrogens with one attached hydrogen (secondary N) is 1. The van der Waals surface area contributed by atoms with Crippen LogP contribution in [0, 0.1) is 6.92 Å². The second kappa shape index (κ2) is 7.39. The first-order valence-electron chi connectivity index (χ1n) is 8.40. The normalized spacial score (nSPS) is 12.9. The summed E-state index contributed by atoms with van der Waals surface area (Å²) in [5.74, 6) is -0.0312. The number of carbonyl (C=O) groups excluding carboxylic acids is 3. The van der Waals surface area contributed by atoms with Crippen LogP contribution in [0.5, 0.6) is 5.75 Å². The van der Waals surface area contributed by atoms with E-state index in [0.717, 1.165) is 5.56 Å². The van der Waals surface area contributed by atoms with Crippen molar-refractivity contribution in [1.82, 2.24) is 4.90 Å². The Bertz CT molecular complexity index is 859. The molecule has 0 saturated carbocycles. The molecule has 134 valence electrons. The van der Waals surface area contributed by atoms with Crippen LogP contribution in [0.4, 0.5) is 5.69 Å². The Morgan fingerprint density at radius 1 is 1.04 bits per heavy atom. The Hall–Kier alpha value is -3.15. The smallest absolute Gasteiger partial charge is 0.261 e. The summed E-state index contributed by atoms with van der Waals surface area (Å²) in [5, 5.41) is 2.78. The maximum Gasteiger partial charge on any atom is 0.261 e. The summed E-state index contributed by atoms with van der Waals surface area (Å²) in [5.41, 5.74) is 2.48. The molecule has 3 rings (SSSR count). The molecule has 0 atom stereocenters. The van der Waals surface area contributed by atoms with E-state index in [-0.39, 0.29) is 30.7 Å². The van der Waals surface area contributed by atoms with Crippen molar-refractivity contribution in [3.63, 3.8) is 0 Å². The van der Waals surface area contributed by atoms with Gasteiger partial charge in [0.05, 0.1) is 18.2 Å². The van der Waals surface area contributed by atoms with E-state index >= 15 is 0 Å². The number of benzene rings is 2. The molecule has 0 spiro atoms. The monoisotopic (exact) mass is 352 g/mol. The highest BCUT2D eigenvalue weighted by atomic mass is 16.5. The lowest BCUT2D eigenvalue weighted by molar-refractivity contribution is -0.116. The molecule has 1 aliphatic rings. The van der Waals surface area contributed by atoms with Gasteiger partial charge in [-0.2, -0.15) is 0 Å². The van der Waals surface area contributed by atoms with Gasteiger partial charge in [-0.25, -0.2) is 0 Å². The molecule has 6 heteroatoms. The Kier molecular flexibility index (Phi) is 5.02. The third kappa shape index (κ3) is 3.59. The number of nitrogens with zero attached hydrogens (tertiary/aromatic N) is 1. The molecule has 0 aromatic heterocycles. The minimum atomic E-state index is -0.291. The lowest BCUT2D eigenvalue weighted by Gasteiger charge is -2.13. The second-order valence-electron chi connectivity index (χ2n) is 6.19. The van der Waals surface area contributed by atoms with Crippen molar-refractivity contribution < 1.29 is 19.1 Å². The van der Waals surface area contributed by atoms with Crippen LogP contribution in [0.3, 0.4) is 0 Å². The quantitative estimate of drug-likeness (QED) is 0.811. The maximum atomic E-state index is 12.4. The number of carbonyl (C=O) groups is 3. The molecule has 0 radical (unpaired) electrons. The number of hydrogen-bond acceptors (Lipinski definition) is 4. The third-order valence-electron chi connectivity index (χ3n) is 4.29. The van der Waals surface area contributed by atoms with E-state index in [4.69, 9.17) is 4.74 Å². The zero-order valence-electron chi connectivity index (χ0n) is 14.7. The van der Waals surface area contributed by atoms with Crippen LogP contribution in [0.2, 0.25) is 0 Å². The van der Waals surface area contributed by atoms with Gasteiger partial charge in [-0.3, -0.25) is 19.3 Å². The molecule has 3 amide bonds. The predicted molar refractivity (Wildman–Crippen MR) is 97.4 cm³/mol. The van der Waals surface area contributed by atoms with Gasteiger partial charge in [0.15, 0.2) is 0 Å². The van der Waals surface area contributed by atoms with E-state index in [1.165, 1.54) is 4.90 Å². The first-order chi connectivity index (χ1) is 12.5. The summed E-state index contributed by atoms with van der Waals surface area (Å²) >= 11 is 0. The fourth-order valence-corrected chi connectivity index (χ4v) is 2.90. The lowest BCUT2D eigenvalue weighted by atomic mass is 10.1. The van der Waals surface area contributed by atoms with E-state index < -0.39 is 0 Å². The van der Waals surface area contributed by atoms with Crippen molar-refractivity contribution in [1.29, 1.82) is 0 Å². The highest BCUT2D eigenvalue weighted by Crippen LogP contribution is 2.24. The van der Waals surface area contributed by atoms with Gasteiger partial charge in [-0.05, 0) is 49.7 Å². The first-order valence-corrected chi connectivity index (χ1v) is 8.40. The van der Waals surface area contributed by atoms with Crippen LogP contribution in [0.15, 0.2) is 42.5 Å². The SMILES string of the molecule is COc1ccc(NC(=O)CCCN2C(=O)c3ccc(C)cc3C2=O)cc1. The van der Waals surface area contributed by atoms with Crippen molar-refractivity contribution in [3.05, 3.63) is 59.2 Å². The van der Waals surface area contributed by atoms with E-state index in [1.807, 2.05) is 13.0 Å². The number of fused-ring (bicyclic) bond motifs is 1. The molecule has 6 nitrogen and oxygen atoms in total. The number of ether oxygens (including phenoxy) is 1. The highest BCUT2D eigenvalue weighted by Gasteiger charge is 2.34. The number of aryl methyl sites for hydroxylation is 1. The largest absolute Gasteiger partial charge is 0.497 e. The van der Waals surface area contributed by atoms with Crippen LogP contribution in [-0.2, 0) is 4.79 Å². The van der Waals surface area contributed by atoms with Crippen molar-refractivity contribution in [2.45, 2.75) is 19.8 Å². The topological polar surface area (TPSA) is 75.7 Å². The van der Waals surface area contributed by atoms with E-state index in [2.05, 4.69) is 5.32 Å². The number of methoxy groups -OCH3 is 1. The van der Waals surface area contributed by atoms with Crippen molar-refractivity contribution in [2.24, 2.45) is 0 Å². The van der Waals surface area contributed by atoms with Crippen molar-refractivity contribution >= 4 is 23.4 Å². The van der Waals surface area contributed by atoms with Gasteiger partial charge in [0.25, 0.3) is 11.8 Å². The van der Waals surface area contributed by atoms with Gasteiger partial charge in [-0.15, -0.1) is 0 Å². The summed E-state index contributed by atoms with van der Waals surface area (Å²) < 4.78 is 5.07. The number of amides is 3. The molecule has 2 aromatic rings. The summed E-state index contributed by atoms with van der Waals surface area (Å²) in [7, 11) is 1.58. The summed E-state index contributed by atoms with van der Waals surface area (Å²) in [6, 6.07) is 12.3. The van der Waals surface area contributed by atoms with Gasteiger partial charge in [0.1, 0.15) is 5.75 Å². The zero-order valence-corrected chi connectivity index (χ0v) is 14.7. The van der Waals surface area contributed by atoms with Crippen LogP contribution in [0.25, 0.3) is 0 Å². The molecule has 1 N–H and O–H groups in total. The molecule has 1 heterocycles. The summed E-state index contributed by atoms with van der Waals surface area (Å²) in [4.78, 5) is 38.0. The van der Waals surface area contributed by atoms with Crippen LogP contribution in [0.1, 0.15) is 39.1 Å². The average molecular weight is 352 g/mol. The van der Waals surface area contributed by atoms with Crippen molar-refractivity contribution in [2.75, 3.05) is 19.0 Å². The molecular weight excluding hydrogens is 332 g/mol. The van der Waals surface area contributed by atoms with Crippen LogP contribution < -0.4 is 10.1 Å². The number of imide groups is 1. The fraction of sp³-hybridized carbons (Fsp3) is 0.250. The van der Waals surface area contributed by atoms with E-state index in [1.54, 1.807) is 43.5 Å².